The summed E-state index contributed by atoms with van der Waals surface area (Å²) in [4.78, 5) is -0.485. The zero-order valence-corrected chi connectivity index (χ0v) is 22.1. The Morgan fingerprint density at radius 2 is 0.977 bits per heavy atom. The summed E-state index contributed by atoms with van der Waals surface area (Å²) in [6, 6.07) is 5.81. The summed E-state index contributed by atoms with van der Waals surface area (Å²) in [5.74, 6) is -54.5. The van der Waals surface area contributed by atoms with Crippen LogP contribution in [0, 0.1) is 5.82 Å². The van der Waals surface area contributed by atoms with Gasteiger partial charge in [0.1, 0.15) is 5.82 Å². The van der Waals surface area contributed by atoms with E-state index < -0.39 is 89.6 Å². The second-order valence-electron chi connectivity index (χ2n) is 9.15. The van der Waals surface area contributed by atoms with E-state index in [0.29, 0.717) is 12.1 Å². The van der Waals surface area contributed by atoms with Gasteiger partial charge in [-0.15, -0.1) is 0 Å². The molecule has 252 valence electrons. The van der Waals surface area contributed by atoms with E-state index in [2.05, 4.69) is 3.63 Å². The lowest BCUT2D eigenvalue weighted by Crippen LogP contribution is -2.75. The Morgan fingerprint density at radius 1 is 0.568 bits per heavy atom. The molecule has 0 N–H and O–H groups in total. The lowest BCUT2D eigenvalue weighted by molar-refractivity contribution is -0.458. The fourth-order valence-corrected chi connectivity index (χ4v) is 8.95. The van der Waals surface area contributed by atoms with Crippen LogP contribution in [0.15, 0.2) is 41.3 Å². The second-order valence-corrected chi connectivity index (χ2v) is 14.0. The van der Waals surface area contributed by atoms with Gasteiger partial charge in [-0.25, -0.2) is 8.02 Å². The van der Waals surface area contributed by atoms with Crippen LogP contribution < -0.4 is 0 Å². The summed E-state index contributed by atoms with van der Waals surface area (Å²) in [6.07, 6.45) is -8.07. The SMILES string of the molecule is O=S(=O)(OS1(c2ccc(F)c3ccccc23)CCC1)C(F)(F)C(F)(F)C(F)(F)C(F)(F)C(F)(F)C(F)(F)C(F)(F)C(F)(F)F. The summed E-state index contributed by atoms with van der Waals surface area (Å²) in [5.41, 5.74) is 0. The standard InChI is InChI=1S/C21H12F18O3S2/c22-12-6-7-13(11-5-2-1-4-10(11)12)43(8-3-9-43)42-44(40,41)21(38,39)19(33,34)17(29,30)15(25,26)14(23,24)16(27,28)18(31,32)20(35,36)37/h1-2,4-7H,3,8-9H2. The Hall–Kier alpha value is -2.30. The molecule has 3 rings (SSSR count). The van der Waals surface area contributed by atoms with Crippen molar-refractivity contribution in [2.24, 2.45) is 0 Å². The molecule has 0 aromatic heterocycles. The molecule has 0 bridgehead atoms. The van der Waals surface area contributed by atoms with Crippen LogP contribution in [0.1, 0.15) is 6.42 Å². The van der Waals surface area contributed by atoms with Crippen molar-refractivity contribution in [1.29, 1.82) is 0 Å². The highest BCUT2D eigenvalue weighted by atomic mass is 32.3. The maximum atomic E-state index is 14.6. The van der Waals surface area contributed by atoms with Crippen molar-refractivity contribution in [2.45, 2.75) is 58.3 Å². The van der Waals surface area contributed by atoms with Crippen LogP contribution in [0.5, 0.6) is 0 Å². The molecule has 0 radical (unpaired) electrons. The fraction of sp³-hybridized carbons (Fsp3) is 0.524. The first-order valence-corrected chi connectivity index (χ1v) is 14.3. The third-order valence-corrected chi connectivity index (χ3v) is 12.1. The van der Waals surface area contributed by atoms with Gasteiger partial charge in [0.25, 0.3) is 0 Å². The number of alkyl halides is 17. The Labute approximate surface area is 234 Å². The van der Waals surface area contributed by atoms with E-state index in [4.69, 9.17) is 0 Å². The minimum absolute atomic E-state index is 0.151. The van der Waals surface area contributed by atoms with Crippen LogP contribution in [0.25, 0.3) is 10.8 Å². The van der Waals surface area contributed by atoms with Crippen molar-refractivity contribution in [3.8, 4) is 0 Å². The number of fused-ring (bicyclic) bond motifs is 1. The van der Waals surface area contributed by atoms with Crippen molar-refractivity contribution in [3.05, 3.63) is 42.2 Å². The van der Waals surface area contributed by atoms with E-state index in [1.165, 1.54) is 12.1 Å². The average molecular weight is 718 g/mol. The molecule has 2 aromatic carbocycles. The Bertz CT molecular complexity index is 1530. The molecule has 0 atom stereocenters. The van der Waals surface area contributed by atoms with Crippen LogP contribution in [0.4, 0.5) is 79.0 Å². The molecule has 0 aliphatic carbocycles. The molecule has 23 heteroatoms. The van der Waals surface area contributed by atoms with Crippen LogP contribution in [0.2, 0.25) is 0 Å². The number of halogens is 18. The summed E-state index contributed by atoms with van der Waals surface area (Å²) in [6.45, 7) is 0. The predicted molar refractivity (Wildman–Crippen MR) is 115 cm³/mol. The van der Waals surface area contributed by atoms with E-state index in [1.807, 2.05) is 0 Å². The smallest absolute Gasteiger partial charge is 0.211 e. The van der Waals surface area contributed by atoms with Crippen molar-refractivity contribution < 1.29 is 91.1 Å². The third kappa shape index (κ3) is 4.60. The van der Waals surface area contributed by atoms with Gasteiger partial charge in [0.2, 0.25) is 0 Å². The monoisotopic (exact) mass is 718 g/mol. The fourth-order valence-electron chi connectivity index (χ4n) is 3.81. The maximum Gasteiger partial charge on any atom is 0.460 e. The molecule has 0 amide bonds. The molecule has 1 aliphatic rings. The minimum atomic E-state index is -8.94. The predicted octanol–water partition coefficient (Wildman–Crippen LogP) is 8.77. The molecule has 0 saturated carbocycles. The molecule has 1 aliphatic heterocycles. The third-order valence-electron chi connectivity index (χ3n) is 6.41. The van der Waals surface area contributed by atoms with E-state index in [-0.39, 0.29) is 17.2 Å². The van der Waals surface area contributed by atoms with Gasteiger partial charge in [0, 0.05) is 21.8 Å². The molecule has 3 nitrogen and oxygen atoms in total. The summed E-state index contributed by atoms with van der Waals surface area (Å²) >= 11 is 0. The Kier molecular flexibility index (Phi) is 8.30. The number of rotatable bonds is 10. The molecule has 0 unspecified atom stereocenters. The van der Waals surface area contributed by atoms with Gasteiger partial charge in [0.15, 0.2) is 0 Å². The Balaban J connectivity index is 2.12. The molecule has 1 fully saturated rings. The van der Waals surface area contributed by atoms with E-state index in [9.17, 15) is 87.4 Å². The topological polar surface area (TPSA) is 43.4 Å². The van der Waals surface area contributed by atoms with Crippen molar-refractivity contribution in [3.63, 3.8) is 0 Å². The zero-order chi connectivity index (χ0) is 34.4. The van der Waals surface area contributed by atoms with Gasteiger partial charge in [-0.05, 0) is 23.9 Å². The van der Waals surface area contributed by atoms with Gasteiger partial charge < -0.3 is 0 Å². The molecular formula is C21H12F18O3S2. The van der Waals surface area contributed by atoms with Crippen molar-refractivity contribution >= 4 is 31.2 Å². The van der Waals surface area contributed by atoms with Crippen LogP contribution in [-0.4, -0.2) is 66.9 Å². The first-order chi connectivity index (χ1) is 19.4. The van der Waals surface area contributed by atoms with Gasteiger partial charge in [-0.2, -0.15) is 83.1 Å². The minimum Gasteiger partial charge on any atom is -0.211 e. The van der Waals surface area contributed by atoms with Gasteiger partial charge >= 0.3 is 57.1 Å². The van der Waals surface area contributed by atoms with Crippen LogP contribution in [-0.2, 0) is 13.7 Å². The first kappa shape index (κ1) is 36.2. The Morgan fingerprint density at radius 3 is 1.39 bits per heavy atom. The molecular weight excluding hydrogens is 706 g/mol. The maximum absolute atomic E-state index is 14.6. The van der Waals surface area contributed by atoms with E-state index in [1.54, 1.807) is 0 Å². The zero-order valence-electron chi connectivity index (χ0n) is 20.4. The highest BCUT2D eigenvalue weighted by Crippen LogP contribution is 2.69. The van der Waals surface area contributed by atoms with Crippen molar-refractivity contribution in [1.82, 2.24) is 0 Å². The first-order valence-electron chi connectivity index (χ1n) is 11.0. The largest absolute Gasteiger partial charge is 0.460 e. The van der Waals surface area contributed by atoms with Crippen LogP contribution >= 0.6 is 10.3 Å². The van der Waals surface area contributed by atoms with E-state index in [0.717, 1.165) is 12.1 Å². The average Bonchev–Trinajstić information content (AvgIpc) is 2.85. The molecule has 2 aromatic rings. The number of hydrogen-bond acceptors (Lipinski definition) is 3. The van der Waals surface area contributed by atoms with Crippen molar-refractivity contribution in [2.75, 3.05) is 11.5 Å². The summed E-state index contributed by atoms with van der Waals surface area (Å²) < 4.78 is 274. The highest BCUT2D eigenvalue weighted by Gasteiger charge is 2.96. The normalized spacial score (nSPS) is 18.7. The number of hydrogen-bond donors (Lipinski definition) is 0. The van der Waals surface area contributed by atoms with E-state index >= 15 is 0 Å². The van der Waals surface area contributed by atoms with Gasteiger partial charge in [-0.1, -0.05) is 34.6 Å². The molecule has 1 heterocycles. The lowest BCUT2D eigenvalue weighted by atomic mass is 9.91. The summed E-state index contributed by atoms with van der Waals surface area (Å²) in [7, 11) is -11.6. The van der Waals surface area contributed by atoms with Gasteiger partial charge in [-0.3, -0.25) is 0 Å². The number of benzene rings is 2. The molecule has 0 spiro atoms. The highest BCUT2D eigenvalue weighted by molar-refractivity contribution is 8.34. The van der Waals surface area contributed by atoms with Crippen LogP contribution in [0.3, 0.4) is 0 Å². The molecule has 44 heavy (non-hydrogen) atoms. The summed E-state index contributed by atoms with van der Waals surface area (Å²) in [5, 5.41) is -8.42. The van der Waals surface area contributed by atoms with Gasteiger partial charge in [0.05, 0.1) is 0 Å². The molecule has 1 saturated heterocycles. The quantitative estimate of drug-likeness (QED) is 0.231. The lowest BCUT2D eigenvalue weighted by Gasteiger charge is -2.47. The second kappa shape index (κ2) is 10.1.